The normalized spacial score (nSPS) is 12.3. The van der Waals surface area contributed by atoms with Crippen molar-refractivity contribution in [3.8, 4) is 0 Å². The second-order valence-electron chi connectivity index (χ2n) is 9.19. The monoisotopic (exact) mass is 470 g/mol. The number of rotatable bonds is 15. The second-order valence-corrected chi connectivity index (χ2v) is 15.3. The third-order valence-corrected chi connectivity index (χ3v) is 14.1. The van der Waals surface area contributed by atoms with Gasteiger partial charge in [0.05, 0.1) is 21.3 Å². The molecule has 0 heterocycles. The zero-order valence-electron chi connectivity index (χ0n) is 21.9. The van der Waals surface area contributed by atoms with Gasteiger partial charge in [-0.25, -0.2) is 0 Å². The highest BCUT2D eigenvalue weighted by atomic mass is 28.3. The van der Waals surface area contributed by atoms with E-state index in [9.17, 15) is 9.59 Å². The van der Waals surface area contributed by atoms with Crippen LogP contribution in [0.1, 0.15) is 68.2 Å². The molecule has 0 unspecified atom stereocenters. The van der Waals surface area contributed by atoms with E-state index in [0.29, 0.717) is 16.6 Å². The molecular formula is C25H46O6Si. The lowest BCUT2D eigenvalue weighted by Gasteiger charge is -2.42. The number of methoxy groups -OCH3 is 2. The molecule has 0 atom stereocenters. The van der Waals surface area contributed by atoms with Crippen molar-refractivity contribution in [2.45, 2.75) is 97.2 Å². The van der Waals surface area contributed by atoms with Crippen LogP contribution in [0.2, 0.25) is 22.7 Å². The molecule has 7 heteroatoms. The van der Waals surface area contributed by atoms with E-state index < -0.39 is 31.7 Å². The number of ether oxygens (including phenoxy) is 4. The summed E-state index contributed by atoms with van der Waals surface area (Å²) >= 11 is 0. The summed E-state index contributed by atoms with van der Waals surface area (Å²) in [7, 11) is 1.35. The average molecular weight is 471 g/mol. The van der Waals surface area contributed by atoms with E-state index in [4.69, 9.17) is 18.9 Å². The van der Waals surface area contributed by atoms with Gasteiger partial charge in [0.1, 0.15) is 0 Å². The van der Waals surface area contributed by atoms with Gasteiger partial charge in [0.25, 0.3) is 0 Å². The van der Waals surface area contributed by atoms with Crippen LogP contribution in [0.5, 0.6) is 0 Å². The van der Waals surface area contributed by atoms with Crippen LogP contribution in [-0.2, 0) is 28.5 Å². The first-order valence-corrected chi connectivity index (χ1v) is 14.2. The van der Waals surface area contributed by atoms with Gasteiger partial charge in [0, 0.05) is 20.6 Å². The zero-order valence-corrected chi connectivity index (χ0v) is 22.9. The van der Waals surface area contributed by atoms with Gasteiger partial charge < -0.3 is 18.9 Å². The maximum atomic E-state index is 13.0. The van der Waals surface area contributed by atoms with Gasteiger partial charge in [0.2, 0.25) is 0 Å². The molecule has 0 amide bonds. The lowest BCUT2D eigenvalue weighted by atomic mass is 9.80. The first-order valence-electron chi connectivity index (χ1n) is 11.8. The minimum Gasteiger partial charge on any atom is -0.465 e. The van der Waals surface area contributed by atoms with Crippen molar-refractivity contribution in [1.29, 1.82) is 0 Å². The van der Waals surface area contributed by atoms with Crippen LogP contribution >= 0.6 is 0 Å². The third-order valence-electron chi connectivity index (χ3n) is 6.74. The molecule has 0 aliphatic carbocycles. The Hall–Kier alpha value is -1.40. The summed E-state index contributed by atoms with van der Waals surface area (Å²) in [6, 6.07) is 1.00. The lowest BCUT2D eigenvalue weighted by Crippen LogP contribution is -2.45. The van der Waals surface area contributed by atoms with Gasteiger partial charge >= 0.3 is 11.9 Å². The summed E-state index contributed by atoms with van der Waals surface area (Å²) < 4.78 is 21.1. The summed E-state index contributed by atoms with van der Waals surface area (Å²) in [6.07, 6.45) is 3.18. The molecule has 0 spiro atoms. The molecule has 0 aromatic carbocycles. The number of hydrogen-bond donors (Lipinski definition) is 0. The maximum Gasteiger partial charge on any atom is 0.324 e. The molecule has 186 valence electrons. The average Bonchev–Trinajstić information content (AvgIpc) is 2.72. The van der Waals surface area contributed by atoms with E-state index in [1.54, 1.807) is 19.9 Å². The van der Waals surface area contributed by atoms with Crippen LogP contribution in [-0.4, -0.2) is 53.7 Å². The number of esters is 2. The van der Waals surface area contributed by atoms with Crippen LogP contribution in [0.15, 0.2) is 17.9 Å². The van der Waals surface area contributed by atoms with Gasteiger partial charge in [0.15, 0.2) is 11.7 Å². The van der Waals surface area contributed by atoms with E-state index in [1.165, 1.54) is 14.2 Å². The van der Waals surface area contributed by atoms with E-state index in [-0.39, 0.29) is 26.1 Å². The van der Waals surface area contributed by atoms with Crippen LogP contribution < -0.4 is 0 Å². The number of carbonyl (C=O) groups excluding carboxylic acids is 2. The molecule has 0 aromatic heterocycles. The summed E-state index contributed by atoms with van der Waals surface area (Å²) in [5, 5.41) is 0. The Labute approximate surface area is 196 Å². The quantitative estimate of drug-likeness (QED) is 0.0977. The highest BCUT2D eigenvalue weighted by Crippen LogP contribution is 2.44. The van der Waals surface area contributed by atoms with Gasteiger partial charge in [-0.2, -0.15) is 0 Å². The number of hydrogen-bond acceptors (Lipinski definition) is 6. The molecule has 0 aliphatic rings. The van der Waals surface area contributed by atoms with Gasteiger partial charge in [-0.3, -0.25) is 9.59 Å². The Kier molecular flexibility index (Phi) is 14.0. The molecule has 0 fully saturated rings. The highest BCUT2D eigenvalue weighted by Gasteiger charge is 2.50. The van der Waals surface area contributed by atoms with Crippen molar-refractivity contribution in [2.24, 2.45) is 5.41 Å². The second kappa shape index (κ2) is 14.7. The van der Waals surface area contributed by atoms with Crippen LogP contribution in [0, 0.1) is 5.41 Å². The standard InChI is InChI=1S/C25H46O6Si/c1-11-30-23(26)25(24(27)31-12-2,18-22(28-9)29-10)16-14-13-15-17-32(19(3)4,20(5)6)21(7)8/h14-15,19-22H,11-12,16-18H2,1-10H3. The first kappa shape index (κ1) is 30.6. The Bertz CT molecular complexity index is 591. The fourth-order valence-electron chi connectivity index (χ4n) is 4.85. The molecule has 32 heavy (non-hydrogen) atoms. The van der Waals surface area contributed by atoms with Crippen LogP contribution in [0.25, 0.3) is 0 Å². The molecule has 0 aliphatic heterocycles. The number of carbonyl (C=O) groups is 2. The summed E-state index contributed by atoms with van der Waals surface area (Å²) in [5.74, 6) is -1.27. The number of allylic oxidation sites excluding steroid dienone is 1. The molecule has 0 aromatic rings. The van der Waals surface area contributed by atoms with Crippen molar-refractivity contribution in [3.05, 3.63) is 17.9 Å². The largest absolute Gasteiger partial charge is 0.465 e. The predicted molar refractivity (Wildman–Crippen MR) is 131 cm³/mol. The van der Waals surface area contributed by atoms with Crippen molar-refractivity contribution >= 4 is 20.0 Å². The Balaban J connectivity index is 6.05. The fourth-order valence-corrected chi connectivity index (χ4v) is 10.7. The molecule has 0 N–H and O–H groups in total. The van der Waals surface area contributed by atoms with Crippen molar-refractivity contribution in [2.75, 3.05) is 27.4 Å². The predicted octanol–water partition coefficient (Wildman–Crippen LogP) is 5.89. The maximum absolute atomic E-state index is 13.0. The molecular weight excluding hydrogens is 424 g/mol. The van der Waals surface area contributed by atoms with E-state index in [0.717, 1.165) is 6.04 Å². The van der Waals surface area contributed by atoms with Gasteiger partial charge in [-0.05, 0) is 38.5 Å². The minimum absolute atomic E-state index is 0.00147. The molecule has 0 rings (SSSR count). The van der Waals surface area contributed by atoms with E-state index >= 15 is 0 Å². The molecule has 0 saturated heterocycles. The first-order chi connectivity index (χ1) is 15.0. The van der Waals surface area contributed by atoms with Crippen molar-refractivity contribution < 1.29 is 28.5 Å². The molecule has 0 saturated carbocycles. The Morgan fingerprint density at radius 3 is 1.62 bits per heavy atom. The van der Waals surface area contributed by atoms with E-state index in [1.807, 2.05) is 0 Å². The Morgan fingerprint density at radius 2 is 1.28 bits per heavy atom. The van der Waals surface area contributed by atoms with Gasteiger partial charge in [-0.1, -0.05) is 58.2 Å². The van der Waals surface area contributed by atoms with Crippen molar-refractivity contribution in [1.82, 2.24) is 0 Å². The summed E-state index contributed by atoms with van der Waals surface area (Å²) in [6.45, 7) is 17.7. The molecule has 0 radical (unpaired) electrons. The van der Waals surface area contributed by atoms with Crippen LogP contribution in [0.3, 0.4) is 0 Å². The topological polar surface area (TPSA) is 71.1 Å². The minimum atomic E-state index is -1.59. The fraction of sp³-hybridized carbons (Fsp3) is 0.800. The molecule has 6 nitrogen and oxygen atoms in total. The van der Waals surface area contributed by atoms with Gasteiger partial charge in [-0.15, -0.1) is 5.73 Å². The van der Waals surface area contributed by atoms with Crippen LogP contribution in [0.4, 0.5) is 0 Å². The van der Waals surface area contributed by atoms with E-state index in [2.05, 4.69) is 53.3 Å². The van der Waals surface area contributed by atoms with Crippen molar-refractivity contribution in [3.63, 3.8) is 0 Å². The summed E-state index contributed by atoms with van der Waals surface area (Å²) in [4.78, 5) is 25.9. The smallest absolute Gasteiger partial charge is 0.324 e. The molecule has 0 bridgehead atoms. The third kappa shape index (κ3) is 7.58. The summed E-state index contributed by atoms with van der Waals surface area (Å²) in [5.41, 5.74) is 3.63. The highest BCUT2D eigenvalue weighted by molar-refractivity contribution is 6.83. The SMILES string of the molecule is CCOC(=O)C(CC=C=CC[Si](C(C)C)(C(C)C)C(C)C)(CC(OC)OC)C(=O)OCC. The lowest BCUT2D eigenvalue weighted by molar-refractivity contribution is -0.184. The Morgan fingerprint density at radius 1 is 0.844 bits per heavy atom. The zero-order chi connectivity index (χ0) is 24.9.